The topological polar surface area (TPSA) is 26.0 Å². The lowest BCUT2D eigenvalue weighted by Crippen LogP contribution is -2.35. The Balaban J connectivity index is 2.14. The molecule has 14 heavy (non-hydrogen) atoms. The van der Waals surface area contributed by atoms with Crippen LogP contribution in [0.1, 0.15) is 65.2 Å². The van der Waals surface area contributed by atoms with Gasteiger partial charge in [0.25, 0.3) is 0 Å². The van der Waals surface area contributed by atoms with Gasteiger partial charge in [0.05, 0.1) is 0 Å². The maximum Gasteiger partial charge on any atom is 0.00673 e. The van der Waals surface area contributed by atoms with E-state index in [-0.39, 0.29) is 0 Å². The maximum absolute atomic E-state index is 6.16. The molecule has 1 heteroatoms. The third-order valence-corrected chi connectivity index (χ3v) is 3.73. The highest BCUT2D eigenvalue weighted by molar-refractivity contribution is 4.80. The summed E-state index contributed by atoms with van der Waals surface area (Å²) in [4.78, 5) is 0. The summed E-state index contributed by atoms with van der Waals surface area (Å²) in [7, 11) is 0. The first-order valence-electron chi connectivity index (χ1n) is 6.49. The van der Waals surface area contributed by atoms with Crippen molar-refractivity contribution in [2.75, 3.05) is 0 Å². The van der Waals surface area contributed by atoms with Gasteiger partial charge >= 0.3 is 0 Å². The van der Waals surface area contributed by atoms with Gasteiger partial charge in [-0.1, -0.05) is 39.5 Å². The minimum atomic E-state index is 0.507. The van der Waals surface area contributed by atoms with E-state index in [9.17, 15) is 0 Å². The first-order valence-corrected chi connectivity index (χ1v) is 6.49. The molecule has 0 aromatic heterocycles. The van der Waals surface area contributed by atoms with Gasteiger partial charge in [-0.25, -0.2) is 0 Å². The van der Waals surface area contributed by atoms with Crippen molar-refractivity contribution in [2.45, 2.75) is 71.3 Å². The minimum absolute atomic E-state index is 0.507. The Morgan fingerprint density at radius 1 is 1.14 bits per heavy atom. The molecular formula is C13H27N. The van der Waals surface area contributed by atoms with E-state index in [0.29, 0.717) is 6.04 Å². The molecule has 1 fully saturated rings. The van der Waals surface area contributed by atoms with Crippen LogP contribution in [0, 0.1) is 11.8 Å². The fourth-order valence-corrected chi connectivity index (χ4v) is 2.69. The van der Waals surface area contributed by atoms with E-state index in [1.54, 1.807) is 0 Å². The number of hydrogen-bond acceptors (Lipinski definition) is 1. The van der Waals surface area contributed by atoms with Crippen LogP contribution in [0.4, 0.5) is 0 Å². The Morgan fingerprint density at radius 3 is 2.64 bits per heavy atom. The van der Waals surface area contributed by atoms with Gasteiger partial charge in [-0.05, 0) is 37.5 Å². The summed E-state index contributed by atoms with van der Waals surface area (Å²) in [5, 5.41) is 0. The van der Waals surface area contributed by atoms with Crippen LogP contribution in [-0.4, -0.2) is 6.04 Å². The molecule has 84 valence electrons. The van der Waals surface area contributed by atoms with Crippen LogP contribution in [0.2, 0.25) is 0 Å². The van der Waals surface area contributed by atoms with E-state index in [0.717, 1.165) is 11.8 Å². The lowest BCUT2D eigenvalue weighted by molar-refractivity contribution is 0.229. The van der Waals surface area contributed by atoms with Crippen molar-refractivity contribution in [3.05, 3.63) is 0 Å². The summed E-state index contributed by atoms with van der Waals surface area (Å²) < 4.78 is 0. The average Bonchev–Trinajstić information content (AvgIpc) is 2.18. The molecule has 1 saturated carbocycles. The SMILES string of the molecule is CCCCCCC1CC(C)CCC1N. The Labute approximate surface area is 89.5 Å². The first kappa shape index (κ1) is 12.0. The zero-order chi connectivity index (χ0) is 10.4. The summed E-state index contributed by atoms with van der Waals surface area (Å²) in [5.74, 6) is 1.75. The lowest BCUT2D eigenvalue weighted by atomic mass is 9.77. The molecule has 0 spiro atoms. The zero-order valence-electron chi connectivity index (χ0n) is 9.97. The number of hydrogen-bond donors (Lipinski definition) is 1. The Morgan fingerprint density at radius 2 is 1.93 bits per heavy atom. The molecule has 3 unspecified atom stereocenters. The lowest BCUT2D eigenvalue weighted by Gasteiger charge is -2.32. The summed E-state index contributed by atoms with van der Waals surface area (Å²) in [5.41, 5.74) is 6.16. The molecule has 1 aliphatic rings. The highest BCUT2D eigenvalue weighted by Crippen LogP contribution is 2.31. The van der Waals surface area contributed by atoms with Crippen molar-refractivity contribution >= 4 is 0 Å². The molecular weight excluding hydrogens is 170 g/mol. The van der Waals surface area contributed by atoms with Crippen LogP contribution in [0.5, 0.6) is 0 Å². The molecule has 0 aromatic rings. The third-order valence-electron chi connectivity index (χ3n) is 3.73. The predicted molar refractivity (Wildman–Crippen MR) is 63.2 cm³/mol. The Hall–Kier alpha value is -0.0400. The van der Waals surface area contributed by atoms with Gasteiger partial charge in [-0.2, -0.15) is 0 Å². The van der Waals surface area contributed by atoms with Crippen molar-refractivity contribution in [3.63, 3.8) is 0 Å². The predicted octanol–water partition coefficient (Wildman–Crippen LogP) is 3.72. The maximum atomic E-state index is 6.16. The molecule has 1 rings (SSSR count). The van der Waals surface area contributed by atoms with Gasteiger partial charge in [0.1, 0.15) is 0 Å². The molecule has 0 bridgehead atoms. The molecule has 3 atom stereocenters. The highest BCUT2D eigenvalue weighted by atomic mass is 14.7. The Bertz CT molecular complexity index is 144. The largest absolute Gasteiger partial charge is 0.327 e. The van der Waals surface area contributed by atoms with Crippen molar-refractivity contribution in [2.24, 2.45) is 17.6 Å². The molecule has 0 aromatic carbocycles. The average molecular weight is 197 g/mol. The smallest absolute Gasteiger partial charge is 0.00673 e. The molecule has 1 aliphatic carbocycles. The van der Waals surface area contributed by atoms with Crippen LogP contribution in [-0.2, 0) is 0 Å². The highest BCUT2D eigenvalue weighted by Gasteiger charge is 2.24. The summed E-state index contributed by atoms with van der Waals surface area (Å²) in [6, 6.07) is 0.507. The summed E-state index contributed by atoms with van der Waals surface area (Å²) >= 11 is 0. The third kappa shape index (κ3) is 4.00. The molecule has 0 radical (unpaired) electrons. The molecule has 0 saturated heterocycles. The summed E-state index contributed by atoms with van der Waals surface area (Å²) in [6.07, 6.45) is 10.9. The second kappa shape index (κ2) is 6.44. The normalized spacial score (nSPS) is 33.2. The van der Waals surface area contributed by atoms with Crippen molar-refractivity contribution < 1.29 is 0 Å². The van der Waals surface area contributed by atoms with Gasteiger partial charge < -0.3 is 5.73 Å². The Kier molecular flexibility index (Phi) is 5.54. The minimum Gasteiger partial charge on any atom is -0.327 e. The van der Waals surface area contributed by atoms with Crippen LogP contribution < -0.4 is 5.73 Å². The molecule has 0 aliphatic heterocycles. The number of unbranched alkanes of at least 4 members (excludes halogenated alkanes) is 3. The second-order valence-corrected chi connectivity index (χ2v) is 5.19. The molecule has 1 nitrogen and oxygen atoms in total. The number of nitrogens with two attached hydrogens (primary N) is 1. The fraction of sp³-hybridized carbons (Fsp3) is 1.00. The van der Waals surface area contributed by atoms with E-state index in [4.69, 9.17) is 5.73 Å². The molecule has 0 heterocycles. The van der Waals surface area contributed by atoms with E-state index >= 15 is 0 Å². The van der Waals surface area contributed by atoms with Crippen molar-refractivity contribution in [1.82, 2.24) is 0 Å². The van der Waals surface area contributed by atoms with Gasteiger partial charge in [-0.3, -0.25) is 0 Å². The standard InChI is InChI=1S/C13H27N/c1-3-4-5-6-7-12-10-11(2)8-9-13(12)14/h11-13H,3-10,14H2,1-2H3. The van der Waals surface area contributed by atoms with Crippen molar-refractivity contribution in [1.29, 1.82) is 0 Å². The van der Waals surface area contributed by atoms with E-state index in [1.807, 2.05) is 0 Å². The quantitative estimate of drug-likeness (QED) is 0.668. The van der Waals surface area contributed by atoms with E-state index in [1.165, 1.54) is 51.4 Å². The second-order valence-electron chi connectivity index (χ2n) is 5.19. The summed E-state index contributed by atoms with van der Waals surface area (Å²) in [6.45, 7) is 4.65. The van der Waals surface area contributed by atoms with Crippen LogP contribution in [0.15, 0.2) is 0 Å². The van der Waals surface area contributed by atoms with E-state index in [2.05, 4.69) is 13.8 Å². The first-order chi connectivity index (χ1) is 6.74. The van der Waals surface area contributed by atoms with Crippen molar-refractivity contribution in [3.8, 4) is 0 Å². The molecule has 0 amide bonds. The van der Waals surface area contributed by atoms with Gasteiger partial charge in [0.15, 0.2) is 0 Å². The van der Waals surface area contributed by atoms with Crippen LogP contribution >= 0.6 is 0 Å². The zero-order valence-corrected chi connectivity index (χ0v) is 9.97. The van der Waals surface area contributed by atoms with E-state index < -0.39 is 0 Å². The monoisotopic (exact) mass is 197 g/mol. The fourth-order valence-electron chi connectivity index (χ4n) is 2.69. The van der Waals surface area contributed by atoms with Gasteiger partial charge in [-0.15, -0.1) is 0 Å². The molecule has 2 N–H and O–H groups in total. The van der Waals surface area contributed by atoms with Gasteiger partial charge in [0.2, 0.25) is 0 Å². The number of rotatable bonds is 5. The van der Waals surface area contributed by atoms with Crippen LogP contribution in [0.25, 0.3) is 0 Å². The van der Waals surface area contributed by atoms with Crippen LogP contribution in [0.3, 0.4) is 0 Å². The van der Waals surface area contributed by atoms with Gasteiger partial charge in [0, 0.05) is 6.04 Å².